The van der Waals surface area contributed by atoms with E-state index in [-0.39, 0.29) is 10.5 Å². The molecule has 2 aromatic carbocycles. The summed E-state index contributed by atoms with van der Waals surface area (Å²) in [4.78, 5) is 11.3. The summed E-state index contributed by atoms with van der Waals surface area (Å²) in [6.45, 7) is 4.73. The van der Waals surface area contributed by atoms with Crippen molar-refractivity contribution in [3.05, 3.63) is 60.2 Å². The molecule has 152 valence electrons. The van der Waals surface area contributed by atoms with Gasteiger partial charge in [-0.15, -0.1) is 0 Å². The molecular formula is C22H29NO4S. The van der Waals surface area contributed by atoms with Gasteiger partial charge in [0.1, 0.15) is 0 Å². The van der Waals surface area contributed by atoms with Gasteiger partial charge in [0.15, 0.2) is 0 Å². The lowest BCUT2D eigenvalue weighted by atomic mass is 9.99. The van der Waals surface area contributed by atoms with Crippen LogP contribution >= 0.6 is 0 Å². The molecule has 0 amide bonds. The average Bonchev–Trinajstić information content (AvgIpc) is 2.70. The maximum atomic E-state index is 13.2. The third-order valence-corrected chi connectivity index (χ3v) is 6.68. The van der Waals surface area contributed by atoms with Crippen molar-refractivity contribution in [3.63, 3.8) is 0 Å². The van der Waals surface area contributed by atoms with Crippen molar-refractivity contribution < 1.29 is 18.3 Å². The lowest BCUT2D eigenvalue weighted by Gasteiger charge is -2.25. The van der Waals surface area contributed by atoms with Crippen LogP contribution in [-0.2, 0) is 10.0 Å². The van der Waals surface area contributed by atoms with Crippen LogP contribution in [0, 0.1) is 5.92 Å². The number of rotatable bonds is 11. The van der Waals surface area contributed by atoms with E-state index in [4.69, 9.17) is 5.11 Å². The lowest BCUT2D eigenvalue weighted by Crippen LogP contribution is -2.32. The summed E-state index contributed by atoms with van der Waals surface area (Å²) in [6, 6.07) is 14.3. The van der Waals surface area contributed by atoms with Crippen LogP contribution in [0.2, 0.25) is 0 Å². The number of sulfonamides is 1. The van der Waals surface area contributed by atoms with Crippen molar-refractivity contribution in [2.75, 3.05) is 10.8 Å². The monoisotopic (exact) mass is 403 g/mol. The fraction of sp³-hybridized carbons (Fsp3) is 0.409. The summed E-state index contributed by atoms with van der Waals surface area (Å²) >= 11 is 0. The van der Waals surface area contributed by atoms with E-state index in [1.165, 1.54) is 22.9 Å². The highest BCUT2D eigenvalue weighted by Crippen LogP contribution is 2.25. The summed E-state index contributed by atoms with van der Waals surface area (Å²) in [5.74, 6) is -0.482. The molecule has 0 aliphatic rings. The highest BCUT2D eigenvalue weighted by Gasteiger charge is 2.24. The number of unbranched alkanes of at least 4 members (excludes halogenated alkanes) is 1. The van der Waals surface area contributed by atoms with Gasteiger partial charge in [0, 0.05) is 6.54 Å². The number of carboxylic acid groups (broad SMARTS) is 1. The quantitative estimate of drug-likeness (QED) is 0.560. The van der Waals surface area contributed by atoms with Crippen LogP contribution in [0.1, 0.15) is 56.3 Å². The van der Waals surface area contributed by atoms with Gasteiger partial charge in [-0.25, -0.2) is 13.2 Å². The van der Waals surface area contributed by atoms with Crippen LogP contribution in [0.4, 0.5) is 5.69 Å². The van der Waals surface area contributed by atoms with E-state index in [0.717, 1.165) is 25.7 Å². The summed E-state index contributed by atoms with van der Waals surface area (Å²) in [5, 5.41) is 9.09. The van der Waals surface area contributed by atoms with Gasteiger partial charge < -0.3 is 5.11 Å². The van der Waals surface area contributed by atoms with Crippen molar-refractivity contribution in [2.24, 2.45) is 5.92 Å². The Hall–Kier alpha value is -2.34. The molecule has 0 saturated heterocycles. The van der Waals surface area contributed by atoms with E-state index >= 15 is 0 Å². The Labute approximate surface area is 168 Å². The zero-order chi connectivity index (χ0) is 20.6. The second kappa shape index (κ2) is 10.3. The molecule has 0 bridgehead atoms. The van der Waals surface area contributed by atoms with Gasteiger partial charge in [-0.2, -0.15) is 0 Å². The van der Waals surface area contributed by atoms with Gasteiger partial charge in [0.25, 0.3) is 10.0 Å². The number of hydrogen-bond donors (Lipinski definition) is 1. The van der Waals surface area contributed by atoms with Crippen molar-refractivity contribution in [3.8, 4) is 0 Å². The Morgan fingerprint density at radius 2 is 1.61 bits per heavy atom. The zero-order valence-electron chi connectivity index (χ0n) is 16.5. The number of nitrogens with zero attached hydrogens (tertiary/aromatic N) is 1. The molecule has 1 atom stereocenters. The van der Waals surface area contributed by atoms with Gasteiger partial charge in [-0.05, 0) is 55.2 Å². The maximum absolute atomic E-state index is 13.2. The van der Waals surface area contributed by atoms with Gasteiger partial charge >= 0.3 is 5.97 Å². The van der Waals surface area contributed by atoms with E-state index in [0.29, 0.717) is 18.2 Å². The fourth-order valence-electron chi connectivity index (χ4n) is 3.16. The van der Waals surface area contributed by atoms with Crippen LogP contribution < -0.4 is 4.31 Å². The average molecular weight is 404 g/mol. The van der Waals surface area contributed by atoms with Gasteiger partial charge in [0.2, 0.25) is 0 Å². The van der Waals surface area contributed by atoms with Crippen LogP contribution in [0.3, 0.4) is 0 Å². The first-order chi connectivity index (χ1) is 13.4. The molecule has 0 aliphatic carbocycles. The molecule has 1 N–H and O–H groups in total. The minimum Gasteiger partial charge on any atom is -0.478 e. The van der Waals surface area contributed by atoms with Crippen molar-refractivity contribution in [2.45, 2.75) is 50.8 Å². The van der Waals surface area contributed by atoms with Crippen LogP contribution in [0.15, 0.2) is 59.5 Å². The van der Waals surface area contributed by atoms with E-state index in [1.807, 2.05) is 0 Å². The SMILES string of the molecule is CCCC[C@@H](C)CCCN(c1ccc(C(=O)O)cc1)S(=O)(=O)c1ccccc1. The standard InChI is InChI=1S/C22H29NO4S/c1-3-4-9-18(2)10-8-17-23(20-15-13-19(14-16-20)22(24)25)28(26,27)21-11-6-5-7-12-21/h5-7,11-16,18H,3-4,8-10,17H2,1-2H3,(H,24,25)/t18-/m1/s1. The summed E-state index contributed by atoms with van der Waals surface area (Å²) in [7, 11) is -3.72. The second-order valence-corrected chi connectivity index (χ2v) is 8.99. The largest absolute Gasteiger partial charge is 0.478 e. The molecule has 0 unspecified atom stereocenters. The van der Waals surface area contributed by atoms with Gasteiger partial charge in [0.05, 0.1) is 16.1 Å². The Kier molecular flexibility index (Phi) is 8.05. The maximum Gasteiger partial charge on any atom is 0.335 e. The van der Waals surface area contributed by atoms with Crippen LogP contribution in [0.5, 0.6) is 0 Å². The fourth-order valence-corrected chi connectivity index (χ4v) is 4.68. The molecule has 2 rings (SSSR count). The molecule has 6 heteroatoms. The van der Waals surface area contributed by atoms with Crippen LogP contribution in [-0.4, -0.2) is 26.0 Å². The Bertz CT molecular complexity index is 848. The Balaban J connectivity index is 2.24. The highest BCUT2D eigenvalue weighted by atomic mass is 32.2. The molecular weight excluding hydrogens is 374 g/mol. The minimum absolute atomic E-state index is 0.133. The zero-order valence-corrected chi connectivity index (χ0v) is 17.4. The number of anilines is 1. The molecule has 0 saturated carbocycles. The van der Waals surface area contributed by atoms with E-state index < -0.39 is 16.0 Å². The first-order valence-electron chi connectivity index (χ1n) is 9.77. The number of benzene rings is 2. The van der Waals surface area contributed by atoms with E-state index in [9.17, 15) is 13.2 Å². The smallest absolute Gasteiger partial charge is 0.335 e. The first kappa shape index (κ1) is 22.0. The molecule has 0 heterocycles. The third-order valence-electron chi connectivity index (χ3n) is 4.84. The molecule has 0 spiro atoms. The highest BCUT2D eigenvalue weighted by molar-refractivity contribution is 7.92. The van der Waals surface area contributed by atoms with Crippen molar-refractivity contribution in [1.29, 1.82) is 0 Å². The van der Waals surface area contributed by atoms with Crippen LogP contribution in [0.25, 0.3) is 0 Å². The first-order valence-corrected chi connectivity index (χ1v) is 11.2. The lowest BCUT2D eigenvalue weighted by molar-refractivity contribution is 0.0697. The number of hydrogen-bond acceptors (Lipinski definition) is 3. The van der Waals surface area contributed by atoms with Gasteiger partial charge in [-0.1, -0.05) is 51.3 Å². The predicted octanol–water partition coefficient (Wildman–Crippen LogP) is 5.19. The second-order valence-electron chi connectivity index (χ2n) is 7.13. The van der Waals surface area contributed by atoms with E-state index in [1.54, 1.807) is 42.5 Å². The summed E-state index contributed by atoms with van der Waals surface area (Å²) in [5.41, 5.74) is 0.615. The molecule has 2 aromatic rings. The summed E-state index contributed by atoms with van der Waals surface area (Å²) < 4.78 is 27.8. The molecule has 5 nitrogen and oxygen atoms in total. The molecule has 0 fully saturated rings. The number of carbonyl (C=O) groups is 1. The molecule has 0 radical (unpaired) electrons. The number of carboxylic acids is 1. The summed E-state index contributed by atoms with van der Waals surface area (Å²) in [6.07, 6.45) is 5.19. The van der Waals surface area contributed by atoms with Gasteiger partial charge in [-0.3, -0.25) is 4.31 Å². The van der Waals surface area contributed by atoms with Crippen molar-refractivity contribution >= 4 is 21.7 Å². The predicted molar refractivity (Wildman–Crippen MR) is 112 cm³/mol. The molecule has 0 aromatic heterocycles. The van der Waals surface area contributed by atoms with E-state index in [2.05, 4.69) is 13.8 Å². The van der Waals surface area contributed by atoms with Crippen molar-refractivity contribution in [1.82, 2.24) is 0 Å². The Morgan fingerprint density at radius 3 is 2.18 bits per heavy atom. The molecule has 28 heavy (non-hydrogen) atoms. The molecule has 0 aliphatic heterocycles. The topological polar surface area (TPSA) is 74.7 Å². The minimum atomic E-state index is -3.72. The normalized spacial score (nSPS) is 12.5. The third kappa shape index (κ3) is 5.83. The number of aromatic carboxylic acids is 1. The Morgan fingerprint density at radius 1 is 1.00 bits per heavy atom.